The summed E-state index contributed by atoms with van der Waals surface area (Å²) in [5.41, 5.74) is 4.46. The molecule has 2 atom stereocenters. The molecule has 3 aromatic rings. The summed E-state index contributed by atoms with van der Waals surface area (Å²) in [6, 6.07) is 28.7. The number of hydrogen-bond donors (Lipinski definition) is 0. The maximum absolute atomic E-state index is 13.2. The van der Waals surface area contributed by atoms with Crippen LogP contribution in [0.3, 0.4) is 0 Å². The molecule has 0 aromatic heterocycles. The smallest absolute Gasteiger partial charge is 0.235 e. The molecule has 0 N–H and O–H groups in total. The average Bonchev–Trinajstić information content (AvgIpc) is 2.66. The van der Waals surface area contributed by atoms with Crippen LogP contribution in [0.2, 0.25) is 0 Å². The Hall–Kier alpha value is -2.87. The average molecular weight is 313 g/mol. The molecule has 0 radical (unpaired) electrons. The van der Waals surface area contributed by atoms with Gasteiger partial charge in [-0.1, -0.05) is 78.9 Å². The van der Waals surface area contributed by atoms with Crippen LogP contribution in [0.25, 0.3) is 0 Å². The third-order valence-corrected chi connectivity index (χ3v) is 4.88. The minimum atomic E-state index is -0.200. The third kappa shape index (κ3) is 2.31. The second-order valence-electron chi connectivity index (χ2n) is 6.23. The number of carbonyl (C=O) groups excluding carboxylic acids is 1. The zero-order valence-electron chi connectivity index (χ0n) is 13.6. The van der Waals surface area contributed by atoms with E-state index in [0.717, 1.165) is 11.3 Å². The van der Waals surface area contributed by atoms with Crippen molar-refractivity contribution in [2.45, 2.75) is 11.8 Å². The molecule has 2 unspecified atom stereocenters. The van der Waals surface area contributed by atoms with Gasteiger partial charge in [-0.3, -0.25) is 4.79 Å². The fourth-order valence-electron chi connectivity index (χ4n) is 3.73. The van der Waals surface area contributed by atoms with Gasteiger partial charge in [0.2, 0.25) is 5.91 Å². The Balaban J connectivity index is 1.96. The largest absolute Gasteiger partial charge is 0.315 e. The lowest BCUT2D eigenvalue weighted by Gasteiger charge is -2.38. The van der Waals surface area contributed by atoms with E-state index >= 15 is 0 Å². The molecule has 4 rings (SSSR count). The Kier molecular flexibility index (Phi) is 3.66. The number of benzene rings is 3. The van der Waals surface area contributed by atoms with E-state index in [0.29, 0.717) is 0 Å². The van der Waals surface area contributed by atoms with Crippen LogP contribution in [0.5, 0.6) is 0 Å². The number of rotatable bonds is 2. The molecule has 2 heteroatoms. The van der Waals surface area contributed by atoms with Gasteiger partial charge in [-0.25, -0.2) is 0 Å². The van der Waals surface area contributed by atoms with Crippen LogP contribution in [-0.4, -0.2) is 13.0 Å². The minimum absolute atomic E-state index is 0.0356. The predicted molar refractivity (Wildman–Crippen MR) is 97.3 cm³/mol. The number of para-hydroxylation sites is 1. The monoisotopic (exact) mass is 313 g/mol. The summed E-state index contributed by atoms with van der Waals surface area (Å²) in [6.45, 7) is 0. The number of amides is 1. The molecule has 0 aliphatic carbocycles. The van der Waals surface area contributed by atoms with E-state index in [2.05, 4.69) is 36.4 Å². The Morgan fingerprint density at radius 3 is 1.79 bits per heavy atom. The molecule has 1 heterocycles. The highest BCUT2D eigenvalue weighted by Crippen LogP contribution is 2.47. The number of fused-ring (bicyclic) bond motifs is 1. The van der Waals surface area contributed by atoms with Crippen LogP contribution >= 0.6 is 0 Å². The molecule has 3 aromatic carbocycles. The zero-order chi connectivity index (χ0) is 16.5. The summed E-state index contributed by atoms with van der Waals surface area (Å²) in [6.07, 6.45) is 0. The summed E-state index contributed by atoms with van der Waals surface area (Å²) in [5.74, 6) is -0.0178. The number of likely N-dealkylation sites (N-methyl/N-ethyl adjacent to an activating group) is 1. The highest BCUT2D eigenvalue weighted by atomic mass is 16.2. The Morgan fingerprint density at radius 1 is 0.667 bits per heavy atom. The molecule has 0 fully saturated rings. The lowest BCUT2D eigenvalue weighted by Crippen LogP contribution is -2.40. The molecular weight excluding hydrogens is 294 g/mol. The fraction of sp³-hybridized carbons (Fsp3) is 0.136. The zero-order valence-corrected chi connectivity index (χ0v) is 13.6. The third-order valence-electron chi connectivity index (χ3n) is 4.88. The van der Waals surface area contributed by atoms with Gasteiger partial charge in [0, 0.05) is 18.7 Å². The van der Waals surface area contributed by atoms with Gasteiger partial charge in [0.25, 0.3) is 0 Å². The van der Waals surface area contributed by atoms with Gasteiger partial charge in [0.05, 0.1) is 5.92 Å². The van der Waals surface area contributed by atoms with E-state index in [1.165, 1.54) is 11.1 Å². The van der Waals surface area contributed by atoms with Gasteiger partial charge in [-0.2, -0.15) is 0 Å². The number of hydrogen-bond acceptors (Lipinski definition) is 1. The molecule has 0 saturated heterocycles. The van der Waals surface area contributed by atoms with Crippen molar-refractivity contribution in [3.8, 4) is 0 Å². The summed E-state index contributed by atoms with van der Waals surface area (Å²) >= 11 is 0. The number of nitrogens with zero attached hydrogens (tertiary/aromatic N) is 1. The first kappa shape index (κ1) is 14.7. The molecule has 0 saturated carbocycles. The Bertz CT molecular complexity index is 857. The SMILES string of the molecule is CN1C(=O)C(c2ccccc2)C(c2ccccc2)c2ccccc21. The van der Waals surface area contributed by atoms with Crippen LogP contribution in [0.1, 0.15) is 28.5 Å². The van der Waals surface area contributed by atoms with Gasteiger partial charge in [0.15, 0.2) is 0 Å². The van der Waals surface area contributed by atoms with E-state index in [-0.39, 0.29) is 17.7 Å². The maximum Gasteiger partial charge on any atom is 0.235 e. The lowest BCUT2D eigenvalue weighted by molar-refractivity contribution is -0.120. The van der Waals surface area contributed by atoms with Crippen molar-refractivity contribution in [2.24, 2.45) is 0 Å². The standard InChI is InChI=1S/C22H19NO/c1-23-19-15-9-8-14-18(19)20(16-10-4-2-5-11-16)21(22(23)24)17-12-6-3-7-13-17/h2-15,20-21H,1H3. The van der Waals surface area contributed by atoms with Crippen LogP contribution in [0.15, 0.2) is 84.9 Å². The molecule has 2 nitrogen and oxygen atoms in total. The van der Waals surface area contributed by atoms with Crippen molar-refractivity contribution in [1.82, 2.24) is 0 Å². The van der Waals surface area contributed by atoms with Gasteiger partial charge in [-0.15, -0.1) is 0 Å². The molecular formula is C22H19NO. The van der Waals surface area contributed by atoms with Gasteiger partial charge in [0.1, 0.15) is 0 Å². The van der Waals surface area contributed by atoms with E-state index in [1.807, 2.05) is 55.6 Å². The van der Waals surface area contributed by atoms with Crippen LogP contribution in [0, 0.1) is 0 Å². The second kappa shape index (κ2) is 5.97. The summed E-state index contributed by atoms with van der Waals surface area (Å²) in [5, 5.41) is 0. The Morgan fingerprint density at radius 2 is 1.17 bits per heavy atom. The van der Waals surface area contributed by atoms with Crippen molar-refractivity contribution in [3.05, 3.63) is 102 Å². The van der Waals surface area contributed by atoms with Crippen molar-refractivity contribution in [2.75, 3.05) is 11.9 Å². The number of carbonyl (C=O) groups is 1. The molecule has 1 aliphatic rings. The number of anilines is 1. The predicted octanol–water partition coefficient (Wildman–Crippen LogP) is 4.58. The van der Waals surface area contributed by atoms with Crippen LogP contribution < -0.4 is 4.90 Å². The highest BCUT2D eigenvalue weighted by molar-refractivity contribution is 6.02. The molecule has 24 heavy (non-hydrogen) atoms. The van der Waals surface area contributed by atoms with Gasteiger partial charge >= 0.3 is 0 Å². The lowest BCUT2D eigenvalue weighted by atomic mass is 9.73. The topological polar surface area (TPSA) is 20.3 Å². The van der Waals surface area contributed by atoms with Crippen molar-refractivity contribution in [3.63, 3.8) is 0 Å². The Labute approximate surface area is 142 Å². The highest BCUT2D eigenvalue weighted by Gasteiger charge is 2.40. The van der Waals surface area contributed by atoms with Crippen molar-refractivity contribution >= 4 is 11.6 Å². The second-order valence-corrected chi connectivity index (χ2v) is 6.23. The maximum atomic E-state index is 13.2. The molecule has 1 amide bonds. The summed E-state index contributed by atoms with van der Waals surface area (Å²) in [4.78, 5) is 15.0. The quantitative estimate of drug-likeness (QED) is 0.678. The first-order valence-electron chi connectivity index (χ1n) is 8.24. The van der Waals surface area contributed by atoms with E-state index in [9.17, 15) is 4.79 Å². The van der Waals surface area contributed by atoms with E-state index in [4.69, 9.17) is 0 Å². The van der Waals surface area contributed by atoms with E-state index in [1.54, 1.807) is 4.90 Å². The summed E-state index contributed by atoms with van der Waals surface area (Å²) in [7, 11) is 1.87. The minimum Gasteiger partial charge on any atom is -0.315 e. The van der Waals surface area contributed by atoms with Gasteiger partial charge in [-0.05, 0) is 22.8 Å². The summed E-state index contributed by atoms with van der Waals surface area (Å²) < 4.78 is 0. The first-order chi connectivity index (χ1) is 11.8. The normalized spacial score (nSPS) is 19.9. The molecule has 0 spiro atoms. The van der Waals surface area contributed by atoms with E-state index < -0.39 is 0 Å². The van der Waals surface area contributed by atoms with Crippen molar-refractivity contribution in [1.29, 1.82) is 0 Å². The molecule has 118 valence electrons. The van der Waals surface area contributed by atoms with Gasteiger partial charge < -0.3 is 4.90 Å². The molecule has 1 aliphatic heterocycles. The van der Waals surface area contributed by atoms with Crippen LogP contribution in [0.4, 0.5) is 5.69 Å². The fourth-order valence-corrected chi connectivity index (χ4v) is 3.73. The van der Waals surface area contributed by atoms with Crippen LogP contribution in [-0.2, 0) is 4.79 Å². The molecule has 0 bridgehead atoms. The first-order valence-corrected chi connectivity index (χ1v) is 8.24. The van der Waals surface area contributed by atoms with Crippen molar-refractivity contribution < 1.29 is 4.79 Å².